The summed E-state index contributed by atoms with van der Waals surface area (Å²) in [7, 11) is 0. The molecular weight excluding hydrogens is 270 g/mol. The van der Waals surface area contributed by atoms with Crippen molar-refractivity contribution in [2.45, 2.75) is 57.2 Å². The smallest absolute Gasteiger partial charge is 0.326 e. The lowest BCUT2D eigenvalue weighted by Gasteiger charge is -2.33. The summed E-state index contributed by atoms with van der Waals surface area (Å²) in [5, 5.41) is 9.42. The number of hydrogen-bond donors (Lipinski definition) is 1. The Kier molecular flexibility index (Phi) is 3.94. The monoisotopic (exact) mass is 291 g/mol. The molecule has 0 radical (unpaired) electrons. The van der Waals surface area contributed by atoms with Crippen molar-refractivity contribution in [3.05, 3.63) is 18.7 Å². The molecule has 1 amide bonds. The summed E-state index contributed by atoms with van der Waals surface area (Å²) < 4.78 is 1.85. The van der Waals surface area contributed by atoms with E-state index in [0.29, 0.717) is 25.3 Å². The molecule has 0 bridgehead atoms. The first-order valence-corrected chi connectivity index (χ1v) is 7.66. The van der Waals surface area contributed by atoms with Gasteiger partial charge in [-0.25, -0.2) is 9.78 Å². The van der Waals surface area contributed by atoms with Crippen LogP contribution in [0.4, 0.5) is 0 Å². The van der Waals surface area contributed by atoms with E-state index in [9.17, 15) is 14.7 Å². The highest BCUT2D eigenvalue weighted by Gasteiger charge is 2.47. The fourth-order valence-electron chi connectivity index (χ4n) is 3.81. The van der Waals surface area contributed by atoms with E-state index in [2.05, 4.69) is 4.98 Å². The predicted octanol–water partition coefficient (Wildman–Crippen LogP) is 1.52. The van der Waals surface area contributed by atoms with Crippen LogP contribution >= 0.6 is 0 Å². The maximum atomic E-state index is 12.5. The number of amides is 1. The molecule has 6 nitrogen and oxygen atoms in total. The van der Waals surface area contributed by atoms with E-state index >= 15 is 0 Å². The van der Waals surface area contributed by atoms with Crippen molar-refractivity contribution in [3.8, 4) is 0 Å². The average molecular weight is 291 g/mol. The Bertz CT molecular complexity index is 514. The topological polar surface area (TPSA) is 75.4 Å². The van der Waals surface area contributed by atoms with Gasteiger partial charge in [0, 0.05) is 31.4 Å². The third-order valence-corrected chi connectivity index (χ3v) is 4.80. The number of carbonyl (C=O) groups is 2. The molecule has 1 N–H and O–H groups in total. The molecule has 1 saturated carbocycles. The van der Waals surface area contributed by atoms with Gasteiger partial charge in [-0.05, 0) is 25.2 Å². The van der Waals surface area contributed by atoms with Crippen molar-refractivity contribution in [3.63, 3.8) is 0 Å². The minimum Gasteiger partial charge on any atom is -0.480 e. The number of aromatic nitrogens is 2. The molecule has 2 fully saturated rings. The van der Waals surface area contributed by atoms with Crippen LogP contribution in [0.15, 0.2) is 18.7 Å². The van der Waals surface area contributed by atoms with Crippen molar-refractivity contribution in [2.24, 2.45) is 5.92 Å². The van der Waals surface area contributed by atoms with Crippen molar-refractivity contribution in [1.82, 2.24) is 14.5 Å². The lowest BCUT2D eigenvalue weighted by atomic mass is 9.84. The SMILES string of the molecule is O=C(O)[C@@H]1C[C@H]2CCCC[C@@H]2N1C(=O)CCn1ccnc1. The standard InChI is InChI=1S/C15H21N3O3/c19-14(5-7-17-8-6-16-10-17)18-12-4-2-1-3-11(12)9-13(18)15(20)21/h6,8,10-13H,1-5,7,9H2,(H,20,21)/t11-,12+,13+/m1/s1. The van der Waals surface area contributed by atoms with Crippen molar-refractivity contribution in [1.29, 1.82) is 0 Å². The Morgan fingerprint density at radius 2 is 2.10 bits per heavy atom. The molecule has 1 aliphatic heterocycles. The van der Waals surface area contributed by atoms with Crippen LogP contribution in [0.1, 0.15) is 38.5 Å². The van der Waals surface area contributed by atoms with E-state index in [1.165, 1.54) is 0 Å². The number of likely N-dealkylation sites (tertiary alicyclic amines) is 1. The van der Waals surface area contributed by atoms with E-state index in [4.69, 9.17) is 0 Å². The Morgan fingerprint density at radius 3 is 2.81 bits per heavy atom. The molecule has 3 rings (SSSR count). The molecule has 2 heterocycles. The molecule has 21 heavy (non-hydrogen) atoms. The summed E-state index contributed by atoms with van der Waals surface area (Å²) >= 11 is 0. The first kappa shape index (κ1) is 14.1. The van der Waals surface area contributed by atoms with E-state index in [1.54, 1.807) is 17.4 Å². The third-order valence-electron chi connectivity index (χ3n) is 4.80. The minimum absolute atomic E-state index is 0.0366. The van der Waals surface area contributed by atoms with Gasteiger partial charge in [-0.15, -0.1) is 0 Å². The normalized spacial score (nSPS) is 28.4. The molecule has 1 aromatic heterocycles. The van der Waals surface area contributed by atoms with Gasteiger partial charge >= 0.3 is 5.97 Å². The van der Waals surface area contributed by atoms with Crippen LogP contribution in [0.25, 0.3) is 0 Å². The summed E-state index contributed by atoms with van der Waals surface area (Å²) in [6, 6.07) is -0.497. The Hall–Kier alpha value is -1.85. The van der Waals surface area contributed by atoms with E-state index in [0.717, 1.165) is 25.7 Å². The number of fused-ring (bicyclic) bond motifs is 1. The number of carboxylic acid groups (broad SMARTS) is 1. The first-order chi connectivity index (χ1) is 10.2. The molecule has 2 aliphatic rings. The fraction of sp³-hybridized carbons (Fsp3) is 0.667. The van der Waals surface area contributed by atoms with Gasteiger partial charge < -0.3 is 14.6 Å². The summed E-state index contributed by atoms with van der Waals surface area (Å²) in [4.78, 5) is 29.6. The van der Waals surface area contributed by atoms with Gasteiger partial charge in [0.2, 0.25) is 5.91 Å². The molecule has 6 heteroatoms. The van der Waals surface area contributed by atoms with Crippen LogP contribution in [0.5, 0.6) is 0 Å². The lowest BCUT2D eigenvalue weighted by Crippen LogP contribution is -2.46. The number of aryl methyl sites for hydroxylation is 1. The average Bonchev–Trinajstić information content (AvgIpc) is 3.11. The van der Waals surface area contributed by atoms with Crippen LogP contribution in [-0.4, -0.2) is 43.5 Å². The molecule has 0 unspecified atom stereocenters. The number of rotatable bonds is 4. The molecule has 0 aromatic carbocycles. The van der Waals surface area contributed by atoms with Crippen molar-refractivity contribution >= 4 is 11.9 Å². The molecule has 1 aliphatic carbocycles. The number of nitrogens with zero attached hydrogens (tertiary/aromatic N) is 3. The second-order valence-corrected chi connectivity index (χ2v) is 6.05. The number of aliphatic carboxylic acids is 1. The summed E-state index contributed by atoms with van der Waals surface area (Å²) in [6.07, 6.45) is 10.4. The van der Waals surface area contributed by atoms with E-state index in [1.807, 2.05) is 10.8 Å². The highest BCUT2D eigenvalue weighted by molar-refractivity contribution is 5.84. The van der Waals surface area contributed by atoms with Gasteiger partial charge in [0.1, 0.15) is 6.04 Å². The molecule has 0 spiro atoms. The van der Waals surface area contributed by atoms with Crippen LogP contribution < -0.4 is 0 Å². The lowest BCUT2D eigenvalue weighted by molar-refractivity contribution is -0.150. The van der Waals surface area contributed by atoms with Gasteiger partial charge in [-0.3, -0.25) is 4.79 Å². The van der Waals surface area contributed by atoms with Gasteiger partial charge in [0.05, 0.1) is 6.33 Å². The molecule has 1 saturated heterocycles. The van der Waals surface area contributed by atoms with Crippen LogP contribution in [0, 0.1) is 5.92 Å². The third kappa shape index (κ3) is 2.80. The zero-order valence-corrected chi connectivity index (χ0v) is 12.0. The fourth-order valence-corrected chi connectivity index (χ4v) is 3.81. The van der Waals surface area contributed by atoms with Crippen LogP contribution in [-0.2, 0) is 16.1 Å². The van der Waals surface area contributed by atoms with E-state index < -0.39 is 12.0 Å². The largest absolute Gasteiger partial charge is 0.480 e. The van der Waals surface area contributed by atoms with Gasteiger partial charge in [-0.1, -0.05) is 12.8 Å². The number of carboxylic acids is 1. The van der Waals surface area contributed by atoms with Gasteiger partial charge in [-0.2, -0.15) is 0 Å². The second kappa shape index (κ2) is 5.87. The second-order valence-electron chi connectivity index (χ2n) is 6.05. The maximum absolute atomic E-state index is 12.5. The van der Waals surface area contributed by atoms with E-state index in [-0.39, 0.29) is 11.9 Å². The van der Waals surface area contributed by atoms with Gasteiger partial charge in [0.25, 0.3) is 0 Å². The van der Waals surface area contributed by atoms with Gasteiger partial charge in [0.15, 0.2) is 0 Å². The Balaban J connectivity index is 1.70. The highest BCUT2D eigenvalue weighted by Crippen LogP contribution is 2.40. The summed E-state index contributed by atoms with van der Waals surface area (Å²) in [5.41, 5.74) is 0. The minimum atomic E-state index is -0.861. The molecule has 3 atom stereocenters. The number of carbonyl (C=O) groups excluding carboxylic acids is 1. The summed E-state index contributed by atoms with van der Waals surface area (Å²) in [5.74, 6) is -0.525. The van der Waals surface area contributed by atoms with Crippen LogP contribution in [0.2, 0.25) is 0 Å². The quantitative estimate of drug-likeness (QED) is 0.912. The maximum Gasteiger partial charge on any atom is 0.326 e. The Labute approximate surface area is 123 Å². The number of hydrogen-bond acceptors (Lipinski definition) is 3. The number of imidazole rings is 1. The zero-order chi connectivity index (χ0) is 14.8. The Morgan fingerprint density at radius 1 is 1.29 bits per heavy atom. The van der Waals surface area contributed by atoms with Crippen molar-refractivity contribution < 1.29 is 14.7 Å². The first-order valence-electron chi connectivity index (χ1n) is 7.66. The van der Waals surface area contributed by atoms with Crippen molar-refractivity contribution in [2.75, 3.05) is 0 Å². The predicted molar refractivity (Wildman–Crippen MR) is 75.5 cm³/mol. The highest BCUT2D eigenvalue weighted by atomic mass is 16.4. The molecule has 1 aromatic rings. The van der Waals surface area contributed by atoms with Crippen LogP contribution in [0.3, 0.4) is 0 Å². The molecular formula is C15H21N3O3. The summed E-state index contributed by atoms with van der Waals surface area (Å²) in [6.45, 7) is 0.555. The molecule has 114 valence electrons. The zero-order valence-electron chi connectivity index (χ0n) is 12.0.